The van der Waals surface area contributed by atoms with Crippen LogP contribution in [0.3, 0.4) is 0 Å². The lowest BCUT2D eigenvalue weighted by Gasteiger charge is -2.48. The fraction of sp³-hybridized carbons (Fsp3) is 0.824. The van der Waals surface area contributed by atoms with E-state index in [-0.39, 0.29) is 62.9 Å². The molecule has 0 aliphatic carbocycles. The number of carbonyl (C=O) groups excluding carboxylic acids is 2. The maximum Gasteiger partial charge on any atom is 0.317 e. The number of amides is 2. The summed E-state index contributed by atoms with van der Waals surface area (Å²) in [6.07, 6.45) is -8.71. The number of urea groups is 1. The van der Waals surface area contributed by atoms with E-state index in [1.165, 1.54) is 14.0 Å². The lowest BCUT2D eigenvalue weighted by Crippen LogP contribution is -2.60. The maximum absolute atomic E-state index is 14.6. The summed E-state index contributed by atoms with van der Waals surface area (Å²) in [7, 11) is 5.24. The van der Waals surface area contributed by atoms with Gasteiger partial charge in [0.1, 0.15) is 30.0 Å². The average molecular weight is 978 g/mol. The second-order valence-corrected chi connectivity index (χ2v) is 21.1. The molecule has 3 fully saturated rings. The van der Waals surface area contributed by atoms with E-state index < -0.39 is 96.0 Å². The molecule has 18 nitrogen and oxygen atoms in total. The van der Waals surface area contributed by atoms with E-state index in [0.29, 0.717) is 32.5 Å². The maximum atomic E-state index is 14.6. The Bertz CT molecular complexity index is 1790. The number of nitrogens with zero attached hydrogens (tertiary/aromatic N) is 4. The van der Waals surface area contributed by atoms with Crippen molar-refractivity contribution in [2.24, 2.45) is 17.8 Å². The molecule has 1 aromatic rings. The molecule has 3 saturated heterocycles. The molecule has 3 aliphatic rings. The van der Waals surface area contributed by atoms with Crippen molar-refractivity contribution in [3.05, 3.63) is 35.9 Å². The van der Waals surface area contributed by atoms with Crippen LogP contribution in [-0.2, 0) is 39.8 Å². The molecule has 3 heterocycles. The van der Waals surface area contributed by atoms with Crippen LogP contribution in [0.5, 0.6) is 0 Å². The normalized spacial score (nSPS) is 40.0. The Morgan fingerprint density at radius 1 is 0.971 bits per heavy atom. The molecule has 6 N–H and O–H groups in total. The summed E-state index contributed by atoms with van der Waals surface area (Å²) in [6, 6.07) is 10.3. The molecular weight excluding hydrogens is 891 g/mol. The van der Waals surface area contributed by atoms with Gasteiger partial charge in [0.05, 0.1) is 54.0 Å². The third kappa shape index (κ3) is 15.0. The van der Waals surface area contributed by atoms with Gasteiger partial charge in [-0.25, -0.2) is 4.79 Å². The number of hydrogen-bond donors (Lipinski definition) is 6. The van der Waals surface area contributed by atoms with Crippen molar-refractivity contribution in [1.29, 1.82) is 5.26 Å². The summed E-state index contributed by atoms with van der Waals surface area (Å²) in [5.74, 6) is -2.96. The molecule has 1 aromatic carbocycles. The zero-order valence-corrected chi connectivity index (χ0v) is 43.6. The van der Waals surface area contributed by atoms with Gasteiger partial charge in [0.15, 0.2) is 12.6 Å². The van der Waals surface area contributed by atoms with Crippen LogP contribution in [-0.4, -0.2) is 190 Å². The Labute approximate surface area is 411 Å². The first-order valence-corrected chi connectivity index (χ1v) is 25.0. The molecule has 0 unspecified atom stereocenters. The van der Waals surface area contributed by atoms with Crippen LogP contribution < -0.4 is 5.32 Å². The largest absolute Gasteiger partial charge is 0.459 e. The molecule has 0 bridgehead atoms. The number of likely N-dealkylation sites (N-methyl/N-ethyl adjacent to an activating group) is 1. The van der Waals surface area contributed by atoms with E-state index >= 15 is 0 Å². The van der Waals surface area contributed by atoms with Gasteiger partial charge in [0.25, 0.3) is 0 Å². The van der Waals surface area contributed by atoms with Crippen LogP contribution in [0.4, 0.5) is 4.79 Å². The quantitative estimate of drug-likeness (QED) is 0.137. The van der Waals surface area contributed by atoms with Crippen molar-refractivity contribution in [3.63, 3.8) is 0 Å². The van der Waals surface area contributed by atoms with E-state index in [4.69, 9.17) is 28.4 Å². The van der Waals surface area contributed by atoms with Gasteiger partial charge in [-0.3, -0.25) is 9.69 Å². The van der Waals surface area contributed by atoms with Crippen LogP contribution in [0.15, 0.2) is 30.3 Å². The van der Waals surface area contributed by atoms with Crippen molar-refractivity contribution in [1.82, 2.24) is 20.0 Å². The standard InChI is InChI=1S/C51H87N5O13/c1-14-39-51(10,63)43(58)35(6)56(25-19-24-55(23-18-22-52)48(61)53-29-37-20-16-15-17-21-37)30-31(2)27-49(8,62)45(69-47-41(57)38(54(11)12)26-32(3)65-47)33(4)42(34(5)46(60)67-39)68-40-28-50(9,64-13)44(59)36(7)66-40/h15-17,20-21,31-36,38-45,47,57-59,62-63H,14,18-19,23-30H2,1-13H3,(H,53,61)/t31-,32-,33+,34-,35-,36+,38+,39-,40+,41-,42+,43-,44+,45-,47+,49-,50-,51-/m1/s1. The number of esters is 1. The fourth-order valence-corrected chi connectivity index (χ4v) is 10.7. The second-order valence-electron chi connectivity index (χ2n) is 21.1. The number of nitriles is 1. The Balaban J connectivity index is 1.76. The molecule has 0 spiro atoms. The van der Waals surface area contributed by atoms with Gasteiger partial charge in [-0.2, -0.15) is 5.26 Å². The van der Waals surface area contributed by atoms with Crippen molar-refractivity contribution < 1.29 is 63.5 Å². The lowest BCUT2D eigenvalue weighted by atomic mass is 9.77. The molecule has 18 atom stereocenters. The molecule has 0 saturated carbocycles. The highest BCUT2D eigenvalue weighted by Gasteiger charge is 2.53. The predicted molar refractivity (Wildman–Crippen MR) is 258 cm³/mol. The predicted octanol–water partition coefficient (Wildman–Crippen LogP) is 3.79. The number of ether oxygens (including phenoxy) is 6. The number of aliphatic hydroxyl groups excluding tert-OH is 3. The molecule has 394 valence electrons. The second kappa shape index (κ2) is 25.6. The van der Waals surface area contributed by atoms with Gasteiger partial charge >= 0.3 is 12.0 Å². The van der Waals surface area contributed by atoms with Crippen molar-refractivity contribution >= 4 is 12.0 Å². The number of cyclic esters (lactones) is 1. The third-order valence-electron chi connectivity index (χ3n) is 15.0. The Hall–Kier alpha value is -3.03. The topological polar surface area (TPSA) is 236 Å². The highest BCUT2D eigenvalue weighted by Crippen LogP contribution is 2.40. The smallest absolute Gasteiger partial charge is 0.317 e. The number of hydrogen-bond acceptors (Lipinski definition) is 16. The first-order valence-electron chi connectivity index (χ1n) is 25.0. The molecule has 2 amide bonds. The number of carbonyl (C=O) groups is 2. The van der Waals surface area contributed by atoms with E-state index in [0.717, 1.165) is 5.56 Å². The van der Waals surface area contributed by atoms with Gasteiger partial charge < -0.3 is 69.1 Å². The summed E-state index contributed by atoms with van der Waals surface area (Å²) in [5, 5.41) is 72.6. The SMILES string of the molecule is CC[C@H]1OC(=O)[C@H](C)[C@@H](O[C@H]2C[C@@](C)(OC)[C@@H](O)[C@H](C)O2)[C@H](C)[C@@H](O[C@@H]2O[C@H](C)C[C@H](N(C)C)[C@H]2O)[C@](C)(O)C[C@@H](C)CN(CCCN(CCC#N)C(=O)NCc2ccccc2)[C@H](C)[C@@H](O)[C@]1(C)O. The van der Waals surface area contributed by atoms with Crippen molar-refractivity contribution in [2.45, 2.75) is 205 Å². The van der Waals surface area contributed by atoms with Crippen LogP contribution in [0, 0.1) is 29.1 Å². The van der Waals surface area contributed by atoms with E-state index in [9.17, 15) is 40.4 Å². The molecule has 3 aliphatic heterocycles. The fourth-order valence-electron chi connectivity index (χ4n) is 10.7. The van der Waals surface area contributed by atoms with Gasteiger partial charge in [-0.05, 0) is 99.7 Å². The average Bonchev–Trinajstić information content (AvgIpc) is 3.30. The van der Waals surface area contributed by atoms with Crippen LogP contribution in [0.1, 0.15) is 113 Å². The Morgan fingerprint density at radius 2 is 1.64 bits per heavy atom. The molecular formula is C51H87N5O13. The van der Waals surface area contributed by atoms with Gasteiger partial charge in [-0.15, -0.1) is 0 Å². The zero-order chi connectivity index (χ0) is 51.6. The van der Waals surface area contributed by atoms with Crippen LogP contribution in [0.2, 0.25) is 0 Å². The van der Waals surface area contributed by atoms with E-state index in [2.05, 4.69) is 11.4 Å². The Morgan fingerprint density at radius 3 is 2.25 bits per heavy atom. The summed E-state index contributed by atoms with van der Waals surface area (Å²) < 4.78 is 38.1. The highest BCUT2D eigenvalue weighted by atomic mass is 16.7. The van der Waals surface area contributed by atoms with Gasteiger partial charge in [0, 0.05) is 64.3 Å². The molecule has 0 radical (unpaired) electrons. The monoisotopic (exact) mass is 978 g/mol. The lowest BCUT2D eigenvalue weighted by molar-refractivity contribution is -0.318. The minimum Gasteiger partial charge on any atom is -0.459 e. The van der Waals surface area contributed by atoms with Crippen molar-refractivity contribution in [3.8, 4) is 6.07 Å². The minimum atomic E-state index is -1.95. The first-order chi connectivity index (χ1) is 32.3. The number of benzene rings is 1. The molecule has 4 rings (SSSR count). The van der Waals surface area contributed by atoms with Crippen LogP contribution in [0.25, 0.3) is 0 Å². The minimum absolute atomic E-state index is 0.0894. The summed E-state index contributed by atoms with van der Waals surface area (Å²) in [4.78, 5) is 33.6. The highest BCUT2D eigenvalue weighted by molar-refractivity contribution is 5.74. The number of rotatable bonds is 15. The third-order valence-corrected chi connectivity index (χ3v) is 15.0. The van der Waals surface area contributed by atoms with Crippen LogP contribution >= 0.6 is 0 Å². The van der Waals surface area contributed by atoms with E-state index in [1.54, 1.807) is 53.4 Å². The summed E-state index contributed by atoms with van der Waals surface area (Å²) in [6.45, 7) is 18.9. The van der Waals surface area contributed by atoms with Gasteiger partial charge in [-0.1, -0.05) is 51.1 Å². The molecule has 18 heteroatoms. The molecule has 69 heavy (non-hydrogen) atoms. The summed E-state index contributed by atoms with van der Waals surface area (Å²) in [5.41, 5.74) is -3.78. The number of aliphatic hydroxyl groups is 5. The van der Waals surface area contributed by atoms with E-state index in [1.807, 2.05) is 68.1 Å². The number of methoxy groups -OCH3 is 1. The summed E-state index contributed by atoms with van der Waals surface area (Å²) >= 11 is 0. The molecule has 0 aromatic heterocycles. The number of nitrogens with one attached hydrogen (secondary N) is 1. The zero-order valence-electron chi connectivity index (χ0n) is 43.6. The first kappa shape index (κ1) is 58.5. The Kier molecular flexibility index (Phi) is 21.7. The van der Waals surface area contributed by atoms with Crippen molar-refractivity contribution in [2.75, 3.05) is 47.4 Å². The van der Waals surface area contributed by atoms with Gasteiger partial charge in [0.2, 0.25) is 0 Å².